The molecule has 7 nitrogen and oxygen atoms in total. The molecule has 1 aromatic rings. The summed E-state index contributed by atoms with van der Waals surface area (Å²) >= 11 is 3.28. The van der Waals surface area contributed by atoms with Gasteiger partial charge in [-0.1, -0.05) is 28.1 Å². The first kappa shape index (κ1) is 27.7. The van der Waals surface area contributed by atoms with E-state index >= 15 is 0 Å². The maximum Gasteiger partial charge on any atom is 0.422 e. The first-order valence-corrected chi connectivity index (χ1v) is 10.5. The lowest BCUT2D eigenvalue weighted by atomic mass is 10.1. The Hall–Kier alpha value is -2.58. The number of amides is 1. The highest BCUT2D eigenvalue weighted by atomic mass is 79.9. The lowest BCUT2D eigenvalue weighted by Gasteiger charge is -2.23. The number of carbonyl (C=O) groups is 1. The zero-order chi connectivity index (χ0) is 25.4. The van der Waals surface area contributed by atoms with Crippen molar-refractivity contribution in [3.05, 3.63) is 52.3 Å². The van der Waals surface area contributed by atoms with Crippen LogP contribution < -0.4 is 10.6 Å². The number of ether oxygens (including phenoxy) is 3. The maximum atomic E-state index is 12.9. The second kappa shape index (κ2) is 12.2. The standard InChI is InChI=1S/C20H20BrF6N3O4/c1-2-32-8-7-14(12-3-5-13(21)6-4-12)17(31)30-18-28-15(33-10-19(22,23)24)9-16(29-18)34-11-20(25,26)27/h3-7,9,15H,2,8,10-11H2,1H3,(H2,28,29,30,31)/b14-7-. The van der Waals surface area contributed by atoms with Gasteiger partial charge >= 0.3 is 12.4 Å². The van der Waals surface area contributed by atoms with Gasteiger partial charge in [-0.2, -0.15) is 26.3 Å². The van der Waals surface area contributed by atoms with Crippen molar-refractivity contribution < 1.29 is 45.3 Å². The summed E-state index contributed by atoms with van der Waals surface area (Å²) in [6, 6.07) is 6.62. The summed E-state index contributed by atoms with van der Waals surface area (Å²) < 4.78 is 90.2. The average molecular weight is 560 g/mol. The first-order valence-electron chi connectivity index (χ1n) is 9.66. The Bertz CT molecular complexity index is 930. The fourth-order valence-corrected chi connectivity index (χ4v) is 2.73. The highest BCUT2D eigenvalue weighted by molar-refractivity contribution is 9.10. The number of guanidine groups is 1. The van der Waals surface area contributed by atoms with E-state index in [1.807, 2.05) is 0 Å². The third-order valence-electron chi connectivity index (χ3n) is 3.84. The number of hydrogen-bond acceptors (Lipinski definition) is 6. The fourth-order valence-electron chi connectivity index (χ4n) is 2.46. The normalized spacial score (nSPS) is 16.9. The van der Waals surface area contributed by atoms with E-state index in [9.17, 15) is 31.1 Å². The number of rotatable bonds is 9. The van der Waals surface area contributed by atoms with Gasteiger partial charge in [-0.3, -0.25) is 15.4 Å². The topological polar surface area (TPSA) is 81.2 Å². The molecule has 0 fully saturated rings. The zero-order valence-electron chi connectivity index (χ0n) is 17.6. The Morgan fingerprint density at radius 3 is 2.38 bits per heavy atom. The van der Waals surface area contributed by atoms with Gasteiger partial charge in [0.1, 0.15) is 6.61 Å². The van der Waals surface area contributed by atoms with E-state index in [0.29, 0.717) is 12.2 Å². The van der Waals surface area contributed by atoms with Crippen LogP contribution >= 0.6 is 15.9 Å². The van der Waals surface area contributed by atoms with Crippen LogP contribution in [-0.4, -0.2) is 56.9 Å². The molecule has 188 valence electrons. The van der Waals surface area contributed by atoms with Crippen molar-refractivity contribution in [3.63, 3.8) is 0 Å². The second-order valence-corrected chi connectivity index (χ2v) is 7.51. The van der Waals surface area contributed by atoms with Gasteiger partial charge < -0.3 is 14.2 Å². The minimum absolute atomic E-state index is 0.0758. The number of nitrogens with one attached hydrogen (secondary N) is 2. The van der Waals surface area contributed by atoms with Crippen molar-refractivity contribution in [2.75, 3.05) is 26.4 Å². The molecule has 0 spiro atoms. The molecule has 1 unspecified atom stereocenters. The van der Waals surface area contributed by atoms with Gasteiger partial charge in [0.2, 0.25) is 5.96 Å². The maximum absolute atomic E-state index is 12.9. The summed E-state index contributed by atoms with van der Waals surface area (Å²) in [7, 11) is 0. The summed E-state index contributed by atoms with van der Waals surface area (Å²) in [6.45, 7) is -1.24. The Morgan fingerprint density at radius 2 is 1.79 bits per heavy atom. The van der Waals surface area contributed by atoms with E-state index in [-0.39, 0.29) is 12.2 Å². The van der Waals surface area contributed by atoms with Gasteiger partial charge in [-0.05, 0) is 30.7 Å². The molecule has 1 aliphatic rings. The molecule has 1 amide bonds. The average Bonchev–Trinajstić information content (AvgIpc) is 2.74. The molecule has 1 atom stereocenters. The summed E-state index contributed by atoms with van der Waals surface area (Å²) in [5.74, 6) is -1.80. The summed E-state index contributed by atoms with van der Waals surface area (Å²) in [5, 5.41) is 4.61. The van der Waals surface area contributed by atoms with Gasteiger partial charge in [-0.15, -0.1) is 0 Å². The third kappa shape index (κ3) is 10.1. The van der Waals surface area contributed by atoms with Crippen LogP contribution in [-0.2, 0) is 19.0 Å². The largest absolute Gasteiger partial charge is 0.469 e. The number of benzene rings is 1. The third-order valence-corrected chi connectivity index (χ3v) is 4.37. The molecule has 0 bridgehead atoms. The monoisotopic (exact) mass is 559 g/mol. The van der Waals surface area contributed by atoms with E-state index < -0.39 is 49.5 Å². The van der Waals surface area contributed by atoms with Crippen molar-refractivity contribution in [1.82, 2.24) is 10.6 Å². The molecule has 14 heteroatoms. The van der Waals surface area contributed by atoms with Crippen molar-refractivity contribution >= 4 is 33.4 Å². The first-order chi connectivity index (χ1) is 15.9. The van der Waals surface area contributed by atoms with Crippen LogP contribution in [0.1, 0.15) is 12.5 Å². The molecular weight excluding hydrogens is 540 g/mol. The fraction of sp³-hybridized carbons (Fsp3) is 0.400. The number of aliphatic imine (C=N–C) groups is 1. The molecule has 0 saturated carbocycles. The Kier molecular flexibility index (Phi) is 9.94. The predicted octanol–water partition coefficient (Wildman–Crippen LogP) is 4.27. The van der Waals surface area contributed by atoms with Crippen LogP contribution in [0.2, 0.25) is 0 Å². The summed E-state index contributed by atoms with van der Waals surface area (Å²) in [6.07, 6.45) is -8.82. The highest BCUT2D eigenvalue weighted by Crippen LogP contribution is 2.21. The van der Waals surface area contributed by atoms with Gasteiger partial charge in [-0.25, -0.2) is 4.99 Å². The van der Waals surface area contributed by atoms with E-state index in [1.165, 1.54) is 6.08 Å². The smallest absolute Gasteiger partial charge is 0.422 e. The molecule has 2 rings (SSSR count). The van der Waals surface area contributed by atoms with Crippen molar-refractivity contribution in [3.8, 4) is 0 Å². The minimum atomic E-state index is -4.71. The van der Waals surface area contributed by atoms with Gasteiger partial charge in [0.25, 0.3) is 5.91 Å². The van der Waals surface area contributed by atoms with E-state index in [0.717, 1.165) is 10.5 Å². The predicted molar refractivity (Wildman–Crippen MR) is 113 cm³/mol. The Balaban J connectivity index is 2.22. The summed E-state index contributed by atoms with van der Waals surface area (Å²) in [4.78, 5) is 16.7. The van der Waals surface area contributed by atoms with Crippen molar-refractivity contribution in [2.24, 2.45) is 4.99 Å². The molecule has 0 saturated heterocycles. The van der Waals surface area contributed by atoms with Crippen molar-refractivity contribution in [1.29, 1.82) is 0 Å². The van der Waals surface area contributed by atoms with E-state index in [1.54, 1.807) is 31.2 Å². The van der Waals surface area contributed by atoms with Crippen LogP contribution in [0.25, 0.3) is 5.57 Å². The Labute approximate surface area is 199 Å². The van der Waals surface area contributed by atoms with Crippen LogP contribution in [0.15, 0.2) is 51.8 Å². The van der Waals surface area contributed by atoms with Crippen LogP contribution in [0.5, 0.6) is 0 Å². The van der Waals surface area contributed by atoms with Crippen LogP contribution in [0, 0.1) is 0 Å². The number of halogens is 7. The van der Waals surface area contributed by atoms with Gasteiger partial charge in [0.15, 0.2) is 18.7 Å². The van der Waals surface area contributed by atoms with E-state index in [2.05, 4.69) is 41.0 Å². The number of hydrogen-bond donors (Lipinski definition) is 2. The molecule has 1 heterocycles. The van der Waals surface area contributed by atoms with Gasteiger partial charge in [0.05, 0.1) is 6.61 Å². The molecule has 0 radical (unpaired) electrons. The minimum Gasteiger partial charge on any atom is -0.469 e. The SMILES string of the molecule is CCOC/C=C(\C(=O)NC1=NC(OCC(F)(F)F)C=C(OCC(F)(F)F)N1)c1ccc(Br)cc1. The molecule has 0 aromatic heterocycles. The molecule has 1 aliphatic heterocycles. The molecule has 0 aliphatic carbocycles. The number of alkyl halides is 6. The second-order valence-electron chi connectivity index (χ2n) is 6.59. The zero-order valence-corrected chi connectivity index (χ0v) is 19.2. The molecule has 2 N–H and O–H groups in total. The lowest BCUT2D eigenvalue weighted by Crippen LogP contribution is -2.45. The van der Waals surface area contributed by atoms with Crippen molar-refractivity contribution in [2.45, 2.75) is 25.5 Å². The number of nitrogens with zero attached hydrogens (tertiary/aromatic N) is 1. The molecular formula is C20H20BrF6N3O4. The number of carbonyl (C=O) groups excluding carboxylic acids is 1. The van der Waals surface area contributed by atoms with Crippen LogP contribution in [0.4, 0.5) is 26.3 Å². The lowest BCUT2D eigenvalue weighted by molar-refractivity contribution is -0.181. The highest BCUT2D eigenvalue weighted by Gasteiger charge is 2.32. The Morgan fingerprint density at radius 1 is 1.15 bits per heavy atom. The quantitative estimate of drug-likeness (QED) is 0.268. The molecule has 34 heavy (non-hydrogen) atoms. The molecule has 1 aromatic carbocycles. The summed E-state index contributed by atoms with van der Waals surface area (Å²) in [5.41, 5.74) is 0.608. The van der Waals surface area contributed by atoms with Crippen LogP contribution in [0.3, 0.4) is 0 Å². The van der Waals surface area contributed by atoms with E-state index in [4.69, 9.17) is 4.74 Å². The van der Waals surface area contributed by atoms with Gasteiger partial charge in [0, 0.05) is 22.7 Å².